The maximum absolute atomic E-state index is 13.5. The number of likely N-dealkylation sites (tertiary alicyclic amines) is 1. The number of nitrogens with one attached hydrogen (secondary N) is 1. The number of thiazole rings is 1. The summed E-state index contributed by atoms with van der Waals surface area (Å²) in [5.74, 6) is -2.78. The molecule has 0 aromatic carbocycles. The molecule has 0 spiro atoms. The Labute approximate surface area is 196 Å². The molecule has 2 saturated carbocycles. The second-order valence-electron chi connectivity index (χ2n) is 9.55. The van der Waals surface area contributed by atoms with Gasteiger partial charge in [0.1, 0.15) is 6.04 Å². The van der Waals surface area contributed by atoms with Crippen molar-refractivity contribution in [2.24, 2.45) is 35.5 Å². The maximum Gasteiger partial charge on any atom is 0.327 e. The summed E-state index contributed by atoms with van der Waals surface area (Å²) in [4.78, 5) is 57.3. The summed E-state index contributed by atoms with van der Waals surface area (Å²) >= 11 is 4.56. The van der Waals surface area contributed by atoms with Crippen LogP contribution in [0.5, 0.6) is 0 Å². The van der Waals surface area contributed by atoms with Crippen molar-refractivity contribution in [1.29, 1.82) is 0 Å². The smallest absolute Gasteiger partial charge is 0.327 e. The first-order valence-electron chi connectivity index (χ1n) is 10.8. The average Bonchev–Trinajstić information content (AvgIpc) is 3.51. The number of aromatic amines is 1. The number of hydrogen-bond donors (Lipinski definition) is 2. The lowest BCUT2D eigenvalue weighted by atomic mass is 9.69. The number of carboxylic acid groups (broad SMARTS) is 1. The standard InChI is InChI=1S/C22H22N2O5S3/c1-7(2)15(21(27)28)24-19(25)12-8-6-9(13(12)20(24)26)16-11(8)14(10-4-3-5-30-10)17-18(31-16)23-22(29)32-17/h3-5,7-9,11-16H,6H2,1-2H3,(H,23,29)(H,27,28)/t8-,9-,11-,12+,13-,14-,15-,16+/m1/s1. The van der Waals surface area contributed by atoms with Crippen LogP contribution in [0.1, 0.15) is 35.9 Å². The van der Waals surface area contributed by atoms with Crippen molar-refractivity contribution in [2.75, 3.05) is 0 Å². The Morgan fingerprint density at radius 3 is 2.53 bits per heavy atom. The highest BCUT2D eigenvalue weighted by molar-refractivity contribution is 8.00. The number of fused-ring (bicyclic) bond motifs is 9. The molecule has 6 rings (SSSR count). The molecular weight excluding hydrogens is 468 g/mol. The van der Waals surface area contributed by atoms with E-state index in [1.807, 2.05) is 11.4 Å². The number of amides is 2. The molecule has 32 heavy (non-hydrogen) atoms. The monoisotopic (exact) mass is 490 g/mol. The highest BCUT2D eigenvalue weighted by Crippen LogP contribution is 2.68. The number of carbonyl (C=O) groups excluding carboxylic acids is 2. The van der Waals surface area contributed by atoms with Gasteiger partial charge in [0.2, 0.25) is 11.8 Å². The average molecular weight is 491 g/mol. The predicted octanol–water partition coefficient (Wildman–Crippen LogP) is 3.08. The van der Waals surface area contributed by atoms with Crippen LogP contribution >= 0.6 is 34.4 Å². The molecule has 2 amide bonds. The van der Waals surface area contributed by atoms with E-state index in [1.165, 1.54) is 16.2 Å². The number of aliphatic carboxylic acids is 1. The molecule has 7 nitrogen and oxygen atoms in total. The van der Waals surface area contributed by atoms with Gasteiger partial charge in [0, 0.05) is 20.9 Å². The van der Waals surface area contributed by atoms with E-state index in [-0.39, 0.29) is 51.5 Å². The number of thiophene rings is 1. The summed E-state index contributed by atoms with van der Waals surface area (Å²) in [6.07, 6.45) is 0.809. The minimum atomic E-state index is -1.13. The third-order valence-electron chi connectivity index (χ3n) is 7.77. The van der Waals surface area contributed by atoms with Gasteiger partial charge in [0.15, 0.2) is 0 Å². The largest absolute Gasteiger partial charge is 0.480 e. The minimum absolute atomic E-state index is 0.0158. The summed E-state index contributed by atoms with van der Waals surface area (Å²) in [5.41, 5.74) is 0. The summed E-state index contributed by atoms with van der Waals surface area (Å²) in [7, 11) is 0. The zero-order chi connectivity index (χ0) is 22.5. The van der Waals surface area contributed by atoms with Crippen molar-refractivity contribution >= 4 is 52.2 Å². The van der Waals surface area contributed by atoms with Crippen LogP contribution in [0.3, 0.4) is 0 Å². The van der Waals surface area contributed by atoms with Crippen LogP contribution in [0.2, 0.25) is 0 Å². The number of hydrogen-bond acceptors (Lipinski definition) is 7. The number of thioether (sulfide) groups is 1. The van der Waals surface area contributed by atoms with Gasteiger partial charge in [-0.25, -0.2) is 4.79 Å². The lowest BCUT2D eigenvalue weighted by molar-refractivity contribution is -0.157. The van der Waals surface area contributed by atoms with E-state index in [9.17, 15) is 24.3 Å². The van der Waals surface area contributed by atoms with Gasteiger partial charge in [0.05, 0.1) is 16.9 Å². The van der Waals surface area contributed by atoms with Crippen LogP contribution < -0.4 is 4.87 Å². The number of H-pyrrole nitrogens is 1. The van der Waals surface area contributed by atoms with Crippen molar-refractivity contribution in [3.8, 4) is 0 Å². The maximum atomic E-state index is 13.5. The number of carboxylic acids is 1. The molecule has 0 radical (unpaired) electrons. The van der Waals surface area contributed by atoms with Gasteiger partial charge in [-0.2, -0.15) is 0 Å². The molecule has 2 N–H and O–H groups in total. The lowest BCUT2D eigenvalue weighted by Crippen LogP contribution is -2.49. The first-order chi connectivity index (χ1) is 15.3. The molecule has 10 heteroatoms. The van der Waals surface area contributed by atoms with Crippen LogP contribution in [-0.2, 0) is 14.4 Å². The van der Waals surface area contributed by atoms with Crippen molar-refractivity contribution in [2.45, 2.75) is 42.5 Å². The molecule has 2 aliphatic heterocycles. The van der Waals surface area contributed by atoms with Gasteiger partial charge in [-0.15, -0.1) is 23.1 Å². The van der Waals surface area contributed by atoms with Crippen molar-refractivity contribution in [3.05, 3.63) is 36.9 Å². The van der Waals surface area contributed by atoms with Crippen molar-refractivity contribution in [1.82, 2.24) is 9.88 Å². The molecule has 8 atom stereocenters. The molecule has 4 heterocycles. The molecule has 2 aromatic rings. The number of nitrogens with zero attached hydrogens (tertiary/aromatic N) is 1. The summed E-state index contributed by atoms with van der Waals surface area (Å²) in [5, 5.41) is 12.8. The van der Waals surface area contributed by atoms with E-state index in [1.54, 1.807) is 36.9 Å². The summed E-state index contributed by atoms with van der Waals surface area (Å²) in [6.45, 7) is 3.47. The molecule has 4 aliphatic rings. The van der Waals surface area contributed by atoms with Gasteiger partial charge >= 0.3 is 10.8 Å². The third kappa shape index (κ3) is 2.60. The number of aromatic nitrogens is 1. The first kappa shape index (κ1) is 20.7. The number of imide groups is 1. The van der Waals surface area contributed by atoms with Gasteiger partial charge in [-0.1, -0.05) is 31.3 Å². The van der Waals surface area contributed by atoms with Gasteiger partial charge in [-0.3, -0.25) is 19.3 Å². The molecular formula is C22H22N2O5S3. The highest BCUT2D eigenvalue weighted by Gasteiger charge is 2.70. The highest BCUT2D eigenvalue weighted by atomic mass is 32.2. The van der Waals surface area contributed by atoms with E-state index < -0.39 is 23.8 Å². The molecule has 2 bridgehead atoms. The second-order valence-corrected chi connectivity index (χ2v) is 12.7. The van der Waals surface area contributed by atoms with Gasteiger partial charge in [-0.05, 0) is 41.5 Å². The van der Waals surface area contributed by atoms with Crippen molar-refractivity contribution < 1.29 is 19.5 Å². The van der Waals surface area contributed by atoms with E-state index in [0.29, 0.717) is 0 Å². The summed E-state index contributed by atoms with van der Waals surface area (Å²) < 4.78 is 0. The van der Waals surface area contributed by atoms with E-state index in [4.69, 9.17) is 0 Å². The molecule has 168 valence electrons. The van der Waals surface area contributed by atoms with Crippen LogP contribution in [0.4, 0.5) is 0 Å². The minimum Gasteiger partial charge on any atom is -0.480 e. The number of rotatable bonds is 4. The molecule has 1 saturated heterocycles. The number of carbonyl (C=O) groups is 3. The fourth-order valence-corrected chi connectivity index (χ4v) is 10.6. The SMILES string of the molecule is CC(C)[C@H](C(=O)O)N1C(=O)[C@@H]2[C@H]3C[C@@H]([C@@H]2C1=O)[C@@H]1[C@@H](c2cccs2)c2sc(=O)[nH]c2S[C@@H]31. The first-order valence-corrected chi connectivity index (χ1v) is 13.4. The molecule has 2 aromatic heterocycles. The van der Waals surface area contributed by atoms with Gasteiger partial charge in [0.25, 0.3) is 0 Å². The Kier molecular flexibility index (Phi) is 4.55. The van der Waals surface area contributed by atoms with Crippen LogP contribution in [0.25, 0.3) is 0 Å². The van der Waals surface area contributed by atoms with Crippen LogP contribution in [-0.4, -0.2) is 44.1 Å². The Hall–Kier alpha value is -1.91. The lowest BCUT2D eigenvalue weighted by Gasteiger charge is -2.42. The van der Waals surface area contributed by atoms with Crippen molar-refractivity contribution in [3.63, 3.8) is 0 Å². The van der Waals surface area contributed by atoms with E-state index in [0.717, 1.165) is 21.2 Å². The normalized spacial score (nSPS) is 35.8. The Balaban J connectivity index is 1.43. The predicted molar refractivity (Wildman–Crippen MR) is 121 cm³/mol. The van der Waals surface area contributed by atoms with Gasteiger partial charge < -0.3 is 10.1 Å². The summed E-state index contributed by atoms with van der Waals surface area (Å²) in [6, 6.07) is 2.97. The van der Waals surface area contributed by atoms with Crippen LogP contribution in [0, 0.1) is 35.5 Å². The zero-order valence-electron chi connectivity index (χ0n) is 17.4. The fraction of sp³-hybridized carbons (Fsp3) is 0.545. The Morgan fingerprint density at radius 1 is 1.19 bits per heavy atom. The third-order valence-corrected chi connectivity index (χ3v) is 11.3. The second kappa shape index (κ2) is 7.04. The van der Waals surface area contributed by atoms with E-state index >= 15 is 0 Å². The van der Waals surface area contributed by atoms with E-state index in [2.05, 4.69) is 11.1 Å². The zero-order valence-corrected chi connectivity index (χ0v) is 19.8. The Bertz CT molecular complexity index is 1180. The molecule has 2 aliphatic carbocycles. The Morgan fingerprint density at radius 2 is 1.91 bits per heavy atom. The molecule has 0 unspecified atom stereocenters. The topological polar surface area (TPSA) is 108 Å². The quantitative estimate of drug-likeness (QED) is 0.638. The molecule has 3 fully saturated rings. The fourth-order valence-electron chi connectivity index (χ4n) is 6.79. The van der Waals surface area contributed by atoms with Crippen LogP contribution in [0.15, 0.2) is 27.3 Å².